The van der Waals surface area contributed by atoms with Gasteiger partial charge in [-0.25, -0.2) is 8.42 Å². The van der Waals surface area contributed by atoms with E-state index in [1.165, 1.54) is 5.56 Å². The van der Waals surface area contributed by atoms with Gasteiger partial charge in [-0.05, 0) is 66.3 Å². The second kappa shape index (κ2) is 5.79. The molecule has 2 N–H and O–H groups in total. The molecule has 0 radical (unpaired) electrons. The molecule has 1 aromatic heterocycles. The van der Waals surface area contributed by atoms with Crippen LogP contribution in [0.1, 0.15) is 17.5 Å². The van der Waals surface area contributed by atoms with Crippen LogP contribution in [0.3, 0.4) is 0 Å². The summed E-state index contributed by atoms with van der Waals surface area (Å²) in [5.74, 6) is 0. The minimum absolute atomic E-state index is 0.320. The van der Waals surface area contributed by atoms with E-state index in [0.717, 1.165) is 36.1 Å². The maximum atomic E-state index is 12.6. The minimum Gasteiger partial charge on any atom is -0.280 e. The summed E-state index contributed by atoms with van der Waals surface area (Å²) in [7, 11) is -3.57. The predicted octanol–water partition coefficient (Wildman–Crippen LogP) is 3.37. The summed E-state index contributed by atoms with van der Waals surface area (Å²) in [6.07, 6.45) is 4.77. The van der Waals surface area contributed by atoms with Crippen LogP contribution in [-0.2, 0) is 22.9 Å². The van der Waals surface area contributed by atoms with Gasteiger partial charge < -0.3 is 0 Å². The third-order valence-corrected chi connectivity index (χ3v) is 5.71. The molecule has 4 rings (SSSR count). The normalized spacial score (nSPS) is 13.7. The number of hydrogen-bond donors (Lipinski definition) is 2. The maximum absolute atomic E-state index is 12.6. The third kappa shape index (κ3) is 2.80. The van der Waals surface area contributed by atoms with E-state index in [1.54, 1.807) is 30.5 Å². The summed E-state index contributed by atoms with van der Waals surface area (Å²) in [5.41, 5.74) is 4.79. The quantitative estimate of drug-likeness (QED) is 0.765. The predicted molar refractivity (Wildman–Crippen MR) is 93.3 cm³/mol. The largest absolute Gasteiger partial charge is 0.280 e. The van der Waals surface area contributed by atoms with Crippen LogP contribution in [0.15, 0.2) is 59.6 Å². The number of rotatable bonds is 4. The second-order valence-corrected chi connectivity index (χ2v) is 7.62. The highest BCUT2D eigenvalue weighted by molar-refractivity contribution is 7.92. The minimum atomic E-state index is -3.57. The average Bonchev–Trinajstić information content (AvgIpc) is 3.26. The van der Waals surface area contributed by atoms with E-state index in [4.69, 9.17) is 0 Å². The molecule has 0 saturated heterocycles. The van der Waals surface area contributed by atoms with Gasteiger partial charge in [-0.1, -0.05) is 18.2 Å². The molecule has 0 bridgehead atoms. The van der Waals surface area contributed by atoms with Crippen molar-refractivity contribution in [2.45, 2.75) is 24.2 Å². The first-order chi connectivity index (χ1) is 11.6. The van der Waals surface area contributed by atoms with Crippen LogP contribution in [0.4, 0.5) is 5.69 Å². The van der Waals surface area contributed by atoms with Gasteiger partial charge in [0.15, 0.2) is 0 Å². The van der Waals surface area contributed by atoms with Crippen molar-refractivity contribution in [1.29, 1.82) is 0 Å². The SMILES string of the molecule is O=S(=O)(Nc1ccc(-c2ccn[nH]2)cc1)c1ccc2c(c1)CCC2. The molecular weight excluding hydrogens is 322 g/mol. The van der Waals surface area contributed by atoms with E-state index in [9.17, 15) is 8.42 Å². The van der Waals surface area contributed by atoms with E-state index in [2.05, 4.69) is 14.9 Å². The van der Waals surface area contributed by atoms with Gasteiger partial charge in [-0.3, -0.25) is 9.82 Å². The second-order valence-electron chi connectivity index (χ2n) is 5.94. The van der Waals surface area contributed by atoms with Gasteiger partial charge in [0.05, 0.1) is 10.6 Å². The Kier molecular flexibility index (Phi) is 3.61. The highest BCUT2D eigenvalue weighted by Crippen LogP contribution is 2.26. The number of H-pyrrole nitrogens is 1. The van der Waals surface area contributed by atoms with E-state index in [0.29, 0.717) is 10.6 Å². The molecular formula is C18H17N3O2S. The molecule has 122 valence electrons. The number of aromatic amines is 1. The zero-order valence-corrected chi connectivity index (χ0v) is 13.8. The number of sulfonamides is 1. The van der Waals surface area contributed by atoms with Gasteiger partial charge in [-0.15, -0.1) is 0 Å². The Balaban J connectivity index is 1.57. The zero-order valence-electron chi connectivity index (χ0n) is 13.0. The van der Waals surface area contributed by atoms with Crippen molar-refractivity contribution < 1.29 is 8.42 Å². The van der Waals surface area contributed by atoms with E-state index in [1.807, 2.05) is 24.3 Å². The van der Waals surface area contributed by atoms with Crippen LogP contribution in [0.2, 0.25) is 0 Å². The molecule has 1 aliphatic rings. The molecule has 0 aliphatic heterocycles. The van der Waals surface area contributed by atoms with Crippen molar-refractivity contribution in [3.8, 4) is 11.3 Å². The lowest BCUT2D eigenvalue weighted by Gasteiger charge is -2.10. The lowest BCUT2D eigenvalue weighted by Crippen LogP contribution is -2.13. The first-order valence-corrected chi connectivity index (χ1v) is 9.35. The summed E-state index contributed by atoms with van der Waals surface area (Å²) < 4.78 is 27.8. The lowest BCUT2D eigenvalue weighted by molar-refractivity contribution is 0.601. The summed E-state index contributed by atoms with van der Waals surface area (Å²) >= 11 is 0. The Morgan fingerprint density at radius 3 is 2.50 bits per heavy atom. The molecule has 0 unspecified atom stereocenters. The van der Waals surface area contributed by atoms with Crippen molar-refractivity contribution in [3.63, 3.8) is 0 Å². The molecule has 0 amide bonds. The Labute approximate surface area is 140 Å². The summed E-state index contributed by atoms with van der Waals surface area (Å²) in [5, 5.41) is 6.79. The van der Waals surface area contributed by atoms with Crippen LogP contribution in [0.25, 0.3) is 11.3 Å². The summed E-state index contributed by atoms with van der Waals surface area (Å²) in [6.45, 7) is 0. The molecule has 5 nitrogen and oxygen atoms in total. The molecule has 0 saturated carbocycles. The standard InChI is InChI=1S/C18H17N3O2S/c22-24(23,17-9-6-13-2-1-3-15(13)12-17)21-16-7-4-14(5-8-16)18-10-11-19-20-18/h4-12,21H,1-3H2,(H,19,20). The van der Waals surface area contributed by atoms with Gasteiger partial charge in [0.1, 0.15) is 0 Å². The fraction of sp³-hybridized carbons (Fsp3) is 0.167. The average molecular weight is 339 g/mol. The highest BCUT2D eigenvalue weighted by Gasteiger charge is 2.18. The Bertz CT molecular complexity index is 962. The lowest BCUT2D eigenvalue weighted by atomic mass is 10.1. The van der Waals surface area contributed by atoms with Crippen LogP contribution < -0.4 is 4.72 Å². The third-order valence-electron chi connectivity index (χ3n) is 4.33. The molecule has 2 aromatic carbocycles. The molecule has 24 heavy (non-hydrogen) atoms. The van der Waals surface area contributed by atoms with Crippen molar-refractivity contribution >= 4 is 15.7 Å². The number of benzene rings is 2. The van der Waals surface area contributed by atoms with Gasteiger partial charge >= 0.3 is 0 Å². The number of fused-ring (bicyclic) bond motifs is 1. The number of anilines is 1. The topological polar surface area (TPSA) is 74.8 Å². The molecule has 1 heterocycles. The van der Waals surface area contributed by atoms with E-state index in [-0.39, 0.29) is 0 Å². The Hall–Kier alpha value is -2.60. The van der Waals surface area contributed by atoms with Crippen molar-refractivity contribution in [2.24, 2.45) is 0 Å². The van der Waals surface area contributed by atoms with Crippen LogP contribution in [0, 0.1) is 0 Å². The molecule has 0 spiro atoms. The fourth-order valence-electron chi connectivity index (χ4n) is 3.06. The number of hydrogen-bond acceptors (Lipinski definition) is 3. The smallest absolute Gasteiger partial charge is 0.261 e. The summed E-state index contributed by atoms with van der Waals surface area (Å²) in [4.78, 5) is 0.320. The Morgan fingerprint density at radius 2 is 1.75 bits per heavy atom. The number of aryl methyl sites for hydroxylation is 2. The van der Waals surface area contributed by atoms with Gasteiger partial charge in [-0.2, -0.15) is 5.10 Å². The van der Waals surface area contributed by atoms with Crippen molar-refractivity contribution in [2.75, 3.05) is 4.72 Å². The van der Waals surface area contributed by atoms with Crippen molar-refractivity contribution in [1.82, 2.24) is 10.2 Å². The van der Waals surface area contributed by atoms with Crippen LogP contribution in [-0.4, -0.2) is 18.6 Å². The zero-order chi connectivity index (χ0) is 16.6. The van der Waals surface area contributed by atoms with E-state index < -0.39 is 10.0 Å². The number of aromatic nitrogens is 2. The Morgan fingerprint density at radius 1 is 0.958 bits per heavy atom. The fourth-order valence-corrected chi connectivity index (χ4v) is 4.17. The summed E-state index contributed by atoms with van der Waals surface area (Å²) in [6, 6.07) is 14.5. The van der Waals surface area contributed by atoms with Crippen molar-refractivity contribution in [3.05, 3.63) is 65.9 Å². The molecule has 6 heteroatoms. The van der Waals surface area contributed by atoms with Gasteiger partial charge in [0.25, 0.3) is 10.0 Å². The highest BCUT2D eigenvalue weighted by atomic mass is 32.2. The molecule has 0 atom stereocenters. The van der Waals surface area contributed by atoms with Crippen LogP contribution >= 0.6 is 0 Å². The molecule has 0 fully saturated rings. The van der Waals surface area contributed by atoms with Gasteiger partial charge in [0, 0.05) is 11.9 Å². The van der Waals surface area contributed by atoms with E-state index >= 15 is 0 Å². The maximum Gasteiger partial charge on any atom is 0.261 e. The number of nitrogens with one attached hydrogen (secondary N) is 2. The molecule has 1 aliphatic carbocycles. The number of nitrogens with zero attached hydrogens (tertiary/aromatic N) is 1. The first kappa shape index (κ1) is 15.0. The monoisotopic (exact) mass is 339 g/mol. The first-order valence-electron chi connectivity index (χ1n) is 7.86. The molecule has 3 aromatic rings. The van der Waals surface area contributed by atoms with Crippen LogP contribution in [0.5, 0.6) is 0 Å². The van der Waals surface area contributed by atoms with Gasteiger partial charge in [0.2, 0.25) is 0 Å².